The molecule has 0 amide bonds. The number of para-hydroxylation sites is 2. The van der Waals surface area contributed by atoms with Crippen LogP contribution in [0.5, 0.6) is 0 Å². The van der Waals surface area contributed by atoms with Gasteiger partial charge in [-0.3, -0.25) is 0 Å². The van der Waals surface area contributed by atoms with Crippen LogP contribution in [0.2, 0.25) is 5.02 Å². The van der Waals surface area contributed by atoms with Gasteiger partial charge in [0.05, 0.1) is 16.1 Å². The van der Waals surface area contributed by atoms with Crippen molar-refractivity contribution in [2.75, 3.05) is 0 Å². The highest BCUT2D eigenvalue weighted by Gasteiger charge is 2.12. The van der Waals surface area contributed by atoms with E-state index in [0.29, 0.717) is 0 Å². The molecule has 3 heteroatoms. The Morgan fingerprint density at radius 1 is 1.06 bits per heavy atom. The Bertz CT molecular complexity index is 701. The summed E-state index contributed by atoms with van der Waals surface area (Å²) in [5.41, 5.74) is 3.14. The van der Waals surface area contributed by atoms with E-state index in [9.17, 15) is 0 Å². The smallest absolute Gasteiger partial charge is 0.142 e. The van der Waals surface area contributed by atoms with Crippen molar-refractivity contribution in [2.24, 2.45) is 0 Å². The topological polar surface area (TPSA) is 17.8 Å². The Morgan fingerprint density at radius 3 is 2.56 bits per heavy atom. The van der Waals surface area contributed by atoms with Crippen LogP contribution in [0.1, 0.15) is 6.92 Å². The molecule has 0 spiro atoms. The summed E-state index contributed by atoms with van der Waals surface area (Å²) in [7, 11) is 0. The molecule has 0 unspecified atom stereocenters. The molecule has 0 saturated carbocycles. The Labute approximate surface area is 111 Å². The third-order valence-electron chi connectivity index (χ3n) is 3.09. The number of fused-ring (bicyclic) bond motifs is 1. The Hall–Kier alpha value is -1.80. The van der Waals surface area contributed by atoms with Crippen LogP contribution in [-0.2, 0) is 6.54 Å². The van der Waals surface area contributed by atoms with Gasteiger partial charge in [0, 0.05) is 12.1 Å². The molecule has 1 heterocycles. The van der Waals surface area contributed by atoms with E-state index in [1.807, 2.05) is 42.5 Å². The van der Waals surface area contributed by atoms with E-state index in [1.165, 1.54) is 0 Å². The number of aromatic nitrogens is 2. The van der Waals surface area contributed by atoms with Crippen LogP contribution in [0.25, 0.3) is 22.4 Å². The second kappa shape index (κ2) is 4.46. The van der Waals surface area contributed by atoms with Crippen LogP contribution in [-0.4, -0.2) is 9.55 Å². The van der Waals surface area contributed by atoms with Crippen molar-refractivity contribution in [3.63, 3.8) is 0 Å². The average molecular weight is 257 g/mol. The molecule has 0 bridgehead atoms. The highest BCUT2D eigenvalue weighted by Crippen LogP contribution is 2.29. The molecule has 2 nitrogen and oxygen atoms in total. The molecule has 1 aromatic heterocycles. The van der Waals surface area contributed by atoms with E-state index in [1.54, 1.807) is 0 Å². The molecule has 0 fully saturated rings. The van der Waals surface area contributed by atoms with Crippen molar-refractivity contribution < 1.29 is 0 Å². The lowest BCUT2D eigenvalue weighted by atomic mass is 10.2. The summed E-state index contributed by atoms with van der Waals surface area (Å²) < 4.78 is 2.19. The first-order valence-electron chi connectivity index (χ1n) is 6.01. The largest absolute Gasteiger partial charge is 0.324 e. The van der Waals surface area contributed by atoms with E-state index < -0.39 is 0 Å². The SMILES string of the molecule is CCn1c(-c2ccccc2Cl)nc2ccccc21. The molecule has 0 saturated heterocycles. The number of halogens is 1. The normalized spacial score (nSPS) is 11.0. The minimum atomic E-state index is 0.738. The summed E-state index contributed by atoms with van der Waals surface area (Å²) in [6, 6.07) is 16.0. The fourth-order valence-electron chi connectivity index (χ4n) is 2.24. The zero-order valence-corrected chi connectivity index (χ0v) is 10.9. The molecular weight excluding hydrogens is 244 g/mol. The summed E-state index contributed by atoms with van der Waals surface area (Å²) in [6.45, 7) is 3.00. The lowest BCUT2D eigenvalue weighted by molar-refractivity contribution is 0.796. The number of hydrogen-bond acceptors (Lipinski definition) is 1. The molecule has 0 aliphatic heterocycles. The predicted octanol–water partition coefficient (Wildman–Crippen LogP) is 4.38. The highest BCUT2D eigenvalue weighted by atomic mass is 35.5. The van der Waals surface area contributed by atoms with Crippen molar-refractivity contribution in [3.05, 3.63) is 53.6 Å². The first kappa shape index (κ1) is 11.3. The number of hydrogen-bond donors (Lipinski definition) is 0. The summed E-state index contributed by atoms with van der Waals surface area (Å²) in [5, 5.41) is 0.738. The van der Waals surface area contributed by atoms with E-state index >= 15 is 0 Å². The van der Waals surface area contributed by atoms with Gasteiger partial charge in [0.25, 0.3) is 0 Å². The van der Waals surface area contributed by atoms with Gasteiger partial charge in [-0.05, 0) is 31.2 Å². The van der Waals surface area contributed by atoms with Gasteiger partial charge in [-0.1, -0.05) is 35.9 Å². The van der Waals surface area contributed by atoms with Crippen molar-refractivity contribution in [3.8, 4) is 11.4 Å². The molecule has 18 heavy (non-hydrogen) atoms. The molecule has 90 valence electrons. The van der Waals surface area contributed by atoms with Gasteiger partial charge in [-0.25, -0.2) is 4.98 Å². The molecule has 2 aromatic carbocycles. The summed E-state index contributed by atoms with van der Waals surface area (Å²) in [5.74, 6) is 0.935. The number of nitrogens with zero attached hydrogens (tertiary/aromatic N) is 2. The second-order valence-electron chi connectivity index (χ2n) is 4.15. The maximum Gasteiger partial charge on any atom is 0.142 e. The molecule has 3 rings (SSSR count). The lowest BCUT2D eigenvalue weighted by Crippen LogP contribution is -1.97. The fraction of sp³-hybridized carbons (Fsp3) is 0.133. The molecule has 3 aromatic rings. The molecule has 0 aliphatic rings. The van der Waals surface area contributed by atoms with Gasteiger partial charge in [0.2, 0.25) is 0 Å². The summed E-state index contributed by atoms with van der Waals surface area (Å²) >= 11 is 6.26. The van der Waals surface area contributed by atoms with Crippen LogP contribution in [0.3, 0.4) is 0 Å². The maximum atomic E-state index is 6.26. The van der Waals surface area contributed by atoms with Crippen molar-refractivity contribution in [2.45, 2.75) is 13.5 Å². The van der Waals surface area contributed by atoms with E-state index in [-0.39, 0.29) is 0 Å². The van der Waals surface area contributed by atoms with Crippen LogP contribution in [0.15, 0.2) is 48.5 Å². The maximum absolute atomic E-state index is 6.26. The quantitative estimate of drug-likeness (QED) is 0.665. The van der Waals surface area contributed by atoms with Gasteiger partial charge in [-0.2, -0.15) is 0 Å². The number of imidazole rings is 1. The second-order valence-corrected chi connectivity index (χ2v) is 4.56. The van der Waals surface area contributed by atoms with Crippen LogP contribution >= 0.6 is 11.6 Å². The van der Waals surface area contributed by atoms with Crippen LogP contribution in [0.4, 0.5) is 0 Å². The molecular formula is C15H13ClN2. The summed E-state index contributed by atoms with van der Waals surface area (Å²) in [4.78, 5) is 4.69. The fourth-order valence-corrected chi connectivity index (χ4v) is 2.46. The lowest BCUT2D eigenvalue weighted by Gasteiger charge is -2.07. The number of aryl methyl sites for hydroxylation is 1. The van der Waals surface area contributed by atoms with Gasteiger partial charge >= 0.3 is 0 Å². The Kier molecular flexibility index (Phi) is 2.80. The van der Waals surface area contributed by atoms with E-state index in [4.69, 9.17) is 16.6 Å². The zero-order chi connectivity index (χ0) is 12.5. The minimum Gasteiger partial charge on any atom is -0.324 e. The molecule has 0 aliphatic carbocycles. The molecule has 0 atom stereocenters. The third-order valence-corrected chi connectivity index (χ3v) is 3.42. The van der Waals surface area contributed by atoms with Gasteiger partial charge < -0.3 is 4.57 Å². The monoisotopic (exact) mass is 256 g/mol. The van der Waals surface area contributed by atoms with Crippen LogP contribution < -0.4 is 0 Å². The molecule has 0 N–H and O–H groups in total. The van der Waals surface area contributed by atoms with Gasteiger partial charge in [0.15, 0.2) is 0 Å². The zero-order valence-electron chi connectivity index (χ0n) is 10.1. The number of rotatable bonds is 2. The van der Waals surface area contributed by atoms with Gasteiger partial charge in [-0.15, -0.1) is 0 Å². The minimum absolute atomic E-state index is 0.738. The van der Waals surface area contributed by atoms with Crippen LogP contribution in [0, 0.1) is 0 Å². The summed E-state index contributed by atoms with van der Waals surface area (Å²) in [6.07, 6.45) is 0. The van der Waals surface area contributed by atoms with Crippen molar-refractivity contribution in [1.29, 1.82) is 0 Å². The third kappa shape index (κ3) is 1.70. The van der Waals surface area contributed by atoms with Gasteiger partial charge in [0.1, 0.15) is 5.82 Å². The van der Waals surface area contributed by atoms with Crippen molar-refractivity contribution >= 4 is 22.6 Å². The number of benzene rings is 2. The van der Waals surface area contributed by atoms with E-state index in [0.717, 1.165) is 34.0 Å². The van der Waals surface area contributed by atoms with Crippen molar-refractivity contribution in [1.82, 2.24) is 9.55 Å². The standard InChI is InChI=1S/C15H13ClN2/c1-2-18-14-10-6-5-9-13(14)17-15(18)11-7-3-4-8-12(11)16/h3-10H,2H2,1H3. The van der Waals surface area contributed by atoms with E-state index in [2.05, 4.69) is 17.6 Å². The first-order valence-corrected chi connectivity index (χ1v) is 6.39. The first-order chi connectivity index (χ1) is 8.81. The average Bonchev–Trinajstić information content (AvgIpc) is 2.77. The Morgan fingerprint density at radius 2 is 1.78 bits per heavy atom. The predicted molar refractivity (Wildman–Crippen MR) is 75.9 cm³/mol. The molecule has 0 radical (unpaired) electrons. The Balaban J connectivity index is 2.32. The highest BCUT2D eigenvalue weighted by molar-refractivity contribution is 6.33.